The van der Waals surface area contributed by atoms with Crippen LogP contribution in [0.1, 0.15) is 127 Å². The van der Waals surface area contributed by atoms with Gasteiger partial charge >= 0.3 is 0 Å². The van der Waals surface area contributed by atoms with E-state index in [1.165, 1.54) is 108 Å². The first-order valence-electron chi connectivity index (χ1n) is 11.7. The number of hydrogen-bond donors (Lipinski definition) is 2. The van der Waals surface area contributed by atoms with E-state index in [9.17, 15) is 5.11 Å². The number of rotatable bonds is 18. The second kappa shape index (κ2) is 17.5. The third-order valence-electron chi connectivity index (χ3n) is 5.61. The van der Waals surface area contributed by atoms with Crippen molar-refractivity contribution in [3.63, 3.8) is 0 Å². The Hall–Kier alpha value is -0.630. The van der Waals surface area contributed by atoms with Gasteiger partial charge in [0, 0.05) is 5.25 Å². The average molecular weight is 393 g/mol. The highest BCUT2D eigenvalue weighted by atomic mass is 32.1. The van der Waals surface area contributed by atoms with Crippen molar-refractivity contribution in [2.75, 3.05) is 0 Å². The van der Waals surface area contributed by atoms with Crippen molar-refractivity contribution in [3.8, 4) is 5.75 Å². The van der Waals surface area contributed by atoms with E-state index in [-0.39, 0.29) is 0 Å². The molecule has 0 bridgehead atoms. The molecule has 1 aromatic rings. The molecule has 0 aliphatic rings. The Labute approximate surface area is 174 Å². The lowest BCUT2D eigenvalue weighted by molar-refractivity contribution is 0.475. The van der Waals surface area contributed by atoms with E-state index in [1.807, 2.05) is 12.1 Å². The number of phenolic OH excluding ortho intramolecular Hbond substituents is 1. The summed E-state index contributed by atoms with van der Waals surface area (Å²) >= 11 is 4.70. The second-order valence-corrected chi connectivity index (χ2v) is 8.82. The van der Waals surface area contributed by atoms with Gasteiger partial charge in [0.25, 0.3) is 0 Å². The van der Waals surface area contributed by atoms with E-state index in [2.05, 4.69) is 6.92 Å². The first kappa shape index (κ1) is 24.4. The van der Waals surface area contributed by atoms with Crippen molar-refractivity contribution in [1.82, 2.24) is 0 Å². The molecule has 1 aromatic carbocycles. The van der Waals surface area contributed by atoms with Crippen LogP contribution in [0, 0.1) is 0 Å². The zero-order valence-corrected chi connectivity index (χ0v) is 18.7. The normalized spacial score (nSPS) is 12.4. The lowest BCUT2D eigenvalue weighted by Gasteiger charge is -2.11. The van der Waals surface area contributed by atoms with E-state index < -0.39 is 0 Å². The van der Waals surface area contributed by atoms with Crippen molar-refractivity contribution in [2.45, 2.75) is 121 Å². The fourth-order valence-electron chi connectivity index (χ4n) is 3.75. The van der Waals surface area contributed by atoms with Gasteiger partial charge in [0.1, 0.15) is 5.75 Å². The Kier molecular flexibility index (Phi) is 15.8. The van der Waals surface area contributed by atoms with Crippen molar-refractivity contribution < 1.29 is 5.11 Å². The average Bonchev–Trinajstić information content (AvgIpc) is 2.68. The summed E-state index contributed by atoms with van der Waals surface area (Å²) in [6.45, 7) is 2.29. The molecule has 0 saturated carbocycles. The van der Waals surface area contributed by atoms with Crippen LogP contribution in [0.2, 0.25) is 0 Å². The smallest absolute Gasteiger partial charge is 0.115 e. The molecule has 0 saturated heterocycles. The van der Waals surface area contributed by atoms with E-state index >= 15 is 0 Å². The SMILES string of the molecule is CCCCCCCCCCCCCCCCCCC(S)c1ccc(O)cc1. The molecule has 0 aliphatic heterocycles. The highest BCUT2D eigenvalue weighted by Gasteiger charge is 2.05. The summed E-state index contributed by atoms with van der Waals surface area (Å²) in [6, 6.07) is 7.48. The number of thiol groups is 1. The van der Waals surface area contributed by atoms with Gasteiger partial charge in [0.15, 0.2) is 0 Å². The van der Waals surface area contributed by atoms with E-state index in [0.29, 0.717) is 11.0 Å². The van der Waals surface area contributed by atoms with Crippen LogP contribution in [-0.2, 0) is 0 Å². The van der Waals surface area contributed by atoms with Crippen LogP contribution in [0.25, 0.3) is 0 Å². The molecule has 1 unspecified atom stereocenters. The molecule has 0 heterocycles. The molecule has 27 heavy (non-hydrogen) atoms. The van der Waals surface area contributed by atoms with Gasteiger partial charge < -0.3 is 5.11 Å². The Morgan fingerprint density at radius 2 is 1.00 bits per heavy atom. The lowest BCUT2D eigenvalue weighted by Crippen LogP contribution is -1.91. The summed E-state index contributed by atoms with van der Waals surface area (Å²) < 4.78 is 0. The topological polar surface area (TPSA) is 20.2 Å². The predicted molar refractivity (Wildman–Crippen MR) is 124 cm³/mol. The molecule has 0 spiro atoms. The predicted octanol–water partition coefficient (Wildman–Crippen LogP) is 9.01. The van der Waals surface area contributed by atoms with Gasteiger partial charge in [-0.3, -0.25) is 0 Å². The van der Waals surface area contributed by atoms with Gasteiger partial charge in [-0.25, -0.2) is 0 Å². The van der Waals surface area contributed by atoms with E-state index in [0.717, 1.165) is 6.42 Å². The molecular weight excluding hydrogens is 348 g/mol. The monoisotopic (exact) mass is 392 g/mol. The van der Waals surface area contributed by atoms with Gasteiger partial charge in [-0.05, 0) is 24.1 Å². The van der Waals surface area contributed by atoms with Gasteiger partial charge in [-0.15, -0.1) is 0 Å². The highest BCUT2D eigenvalue weighted by Crippen LogP contribution is 2.27. The molecule has 0 fully saturated rings. The van der Waals surface area contributed by atoms with Crippen LogP contribution >= 0.6 is 12.6 Å². The molecule has 1 atom stereocenters. The fourth-order valence-corrected chi connectivity index (χ4v) is 4.10. The standard InChI is InChI=1S/C25H44OS/c1-2-3-4-5-6-7-8-9-10-11-12-13-14-15-16-17-18-25(27)23-19-21-24(26)22-20-23/h19-22,25-27H,2-18H2,1H3. The van der Waals surface area contributed by atoms with Gasteiger partial charge in [-0.1, -0.05) is 122 Å². The van der Waals surface area contributed by atoms with Crippen molar-refractivity contribution in [3.05, 3.63) is 29.8 Å². The summed E-state index contributed by atoms with van der Waals surface area (Å²) in [5.74, 6) is 0.335. The van der Waals surface area contributed by atoms with E-state index in [1.54, 1.807) is 12.1 Å². The summed E-state index contributed by atoms with van der Waals surface area (Å²) in [5.41, 5.74) is 1.22. The third-order valence-corrected chi connectivity index (χ3v) is 6.17. The molecule has 2 heteroatoms. The summed E-state index contributed by atoms with van der Waals surface area (Å²) in [7, 11) is 0. The van der Waals surface area contributed by atoms with E-state index in [4.69, 9.17) is 12.6 Å². The molecule has 0 aromatic heterocycles. The Morgan fingerprint density at radius 3 is 1.41 bits per heavy atom. The van der Waals surface area contributed by atoms with Crippen LogP contribution in [0.4, 0.5) is 0 Å². The van der Waals surface area contributed by atoms with Gasteiger partial charge in [0.2, 0.25) is 0 Å². The first-order chi connectivity index (χ1) is 13.2. The molecule has 1 N–H and O–H groups in total. The molecule has 1 rings (SSSR count). The maximum atomic E-state index is 9.34. The number of aromatic hydroxyl groups is 1. The Morgan fingerprint density at radius 1 is 0.630 bits per heavy atom. The largest absolute Gasteiger partial charge is 0.508 e. The molecule has 0 amide bonds. The highest BCUT2D eigenvalue weighted by molar-refractivity contribution is 7.80. The number of benzene rings is 1. The van der Waals surface area contributed by atoms with Crippen LogP contribution in [-0.4, -0.2) is 5.11 Å². The van der Waals surface area contributed by atoms with Crippen molar-refractivity contribution in [1.29, 1.82) is 0 Å². The van der Waals surface area contributed by atoms with Crippen LogP contribution < -0.4 is 0 Å². The molecule has 156 valence electrons. The molecule has 1 nitrogen and oxygen atoms in total. The van der Waals surface area contributed by atoms with Crippen molar-refractivity contribution >= 4 is 12.6 Å². The molecular formula is C25H44OS. The number of unbranched alkanes of at least 4 members (excludes halogenated alkanes) is 15. The third kappa shape index (κ3) is 14.1. The van der Waals surface area contributed by atoms with Gasteiger partial charge in [-0.2, -0.15) is 12.6 Å². The number of phenols is 1. The Bertz CT molecular complexity index is 428. The van der Waals surface area contributed by atoms with Crippen LogP contribution in [0.5, 0.6) is 5.75 Å². The molecule has 0 aliphatic carbocycles. The minimum atomic E-state index is 0.303. The number of hydrogen-bond acceptors (Lipinski definition) is 2. The first-order valence-corrected chi connectivity index (χ1v) is 12.2. The van der Waals surface area contributed by atoms with Gasteiger partial charge in [0.05, 0.1) is 0 Å². The zero-order valence-electron chi connectivity index (χ0n) is 17.8. The van der Waals surface area contributed by atoms with Crippen LogP contribution in [0.3, 0.4) is 0 Å². The quantitative estimate of drug-likeness (QED) is 0.188. The minimum Gasteiger partial charge on any atom is -0.508 e. The maximum absolute atomic E-state index is 9.34. The summed E-state index contributed by atoms with van der Waals surface area (Å²) in [4.78, 5) is 0. The second-order valence-electron chi connectivity index (χ2n) is 8.20. The maximum Gasteiger partial charge on any atom is 0.115 e. The summed E-state index contributed by atoms with van der Waals surface area (Å²) in [6.07, 6.45) is 23.7. The minimum absolute atomic E-state index is 0.303. The van der Waals surface area contributed by atoms with Crippen molar-refractivity contribution in [2.24, 2.45) is 0 Å². The zero-order chi connectivity index (χ0) is 19.6. The Balaban J connectivity index is 1.79. The summed E-state index contributed by atoms with van der Waals surface area (Å²) in [5, 5.41) is 9.64. The van der Waals surface area contributed by atoms with Crippen LogP contribution in [0.15, 0.2) is 24.3 Å². The fraction of sp³-hybridized carbons (Fsp3) is 0.760. The molecule has 0 radical (unpaired) electrons. The lowest BCUT2D eigenvalue weighted by atomic mass is 10.0.